The smallest absolute Gasteiger partial charge is 0.273 e. The zero-order chi connectivity index (χ0) is 23.2. The van der Waals surface area contributed by atoms with Crippen LogP contribution in [0.25, 0.3) is 0 Å². The summed E-state index contributed by atoms with van der Waals surface area (Å²) in [5, 5.41) is 2.78. The molecular weight excluding hydrogens is 435 g/mol. The summed E-state index contributed by atoms with van der Waals surface area (Å²) in [7, 11) is 0. The van der Waals surface area contributed by atoms with Crippen LogP contribution in [0.2, 0.25) is 0 Å². The number of hydrogen-bond donors (Lipinski definition) is 1. The molecule has 0 unspecified atom stereocenters. The Morgan fingerprint density at radius 2 is 1.85 bits per heavy atom. The number of carbonyl (C=O) groups is 1. The Morgan fingerprint density at radius 3 is 2.58 bits per heavy atom. The van der Waals surface area contributed by atoms with E-state index < -0.39 is 11.6 Å². The van der Waals surface area contributed by atoms with E-state index in [9.17, 15) is 18.0 Å². The van der Waals surface area contributed by atoms with Crippen molar-refractivity contribution in [3.8, 4) is 0 Å². The highest BCUT2D eigenvalue weighted by Gasteiger charge is 2.20. The van der Waals surface area contributed by atoms with E-state index >= 15 is 0 Å². The second-order valence-electron chi connectivity index (χ2n) is 7.98. The molecule has 4 rings (SSSR count). The van der Waals surface area contributed by atoms with Gasteiger partial charge in [-0.05, 0) is 36.6 Å². The van der Waals surface area contributed by atoms with Crippen molar-refractivity contribution in [3.05, 3.63) is 88.9 Å². The van der Waals surface area contributed by atoms with Gasteiger partial charge in [0.15, 0.2) is 5.69 Å². The number of hydrogen-bond acceptors (Lipinski definition) is 5. The average molecular weight is 459 g/mol. The largest absolute Gasteiger partial charge is 0.447 e. The highest BCUT2D eigenvalue weighted by molar-refractivity contribution is 5.91. The summed E-state index contributed by atoms with van der Waals surface area (Å²) in [4.78, 5) is 18.4. The van der Waals surface area contributed by atoms with Gasteiger partial charge in [-0.1, -0.05) is 18.2 Å². The van der Waals surface area contributed by atoms with Crippen molar-refractivity contribution < 1.29 is 27.1 Å². The van der Waals surface area contributed by atoms with Crippen LogP contribution < -0.4 is 5.32 Å². The van der Waals surface area contributed by atoms with Gasteiger partial charge in [-0.25, -0.2) is 18.2 Å². The third kappa shape index (κ3) is 6.43. The quantitative estimate of drug-likeness (QED) is 0.520. The number of aromatic nitrogens is 1. The van der Waals surface area contributed by atoms with Crippen LogP contribution in [0.15, 0.2) is 53.1 Å². The van der Waals surface area contributed by atoms with E-state index in [1.165, 1.54) is 30.5 Å². The Hall–Kier alpha value is -3.17. The van der Waals surface area contributed by atoms with Gasteiger partial charge < -0.3 is 14.5 Å². The number of halogens is 3. The maximum absolute atomic E-state index is 14.2. The monoisotopic (exact) mass is 459 g/mol. The molecule has 2 aromatic carbocycles. The highest BCUT2D eigenvalue weighted by Crippen LogP contribution is 2.18. The van der Waals surface area contributed by atoms with Crippen molar-refractivity contribution in [1.82, 2.24) is 15.2 Å². The van der Waals surface area contributed by atoms with E-state index in [1.54, 1.807) is 12.1 Å². The molecule has 0 bridgehead atoms. The van der Waals surface area contributed by atoms with Crippen LogP contribution in [-0.2, 0) is 24.4 Å². The van der Waals surface area contributed by atoms with Gasteiger partial charge in [0.25, 0.3) is 5.91 Å². The minimum Gasteiger partial charge on any atom is -0.447 e. The summed E-state index contributed by atoms with van der Waals surface area (Å²) in [5.74, 6) is -1.79. The molecule has 0 aliphatic carbocycles. The molecule has 1 amide bonds. The molecule has 1 aliphatic rings. The lowest BCUT2D eigenvalue weighted by Crippen LogP contribution is -2.32. The third-order valence-corrected chi connectivity index (χ3v) is 5.39. The van der Waals surface area contributed by atoms with Crippen LogP contribution in [-0.4, -0.2) is 35.0 Å². The number of rotatable bonds is 9. The minimum atomic E-state index is -0.666. The van der Waals surface area contributed by atoms with E-state index in [0.29, 0.717) is 25.3 Å². The molecule has 0 saturated carbocycles. The normalized spacial score (nSPS) is 15.8. The predicted molar refractivity (Wildman–Crippen MR) is 114 cm³/mol. The van der Waals surface area contributed by atoms with Crippen LogP contribution in [0.5, 0.6) is 0 Å². The molecule has 33 heavy (non-hydrogen) atoms. The molecule has 3 aromatic rings. The van der Waals surface area contributed by atoms with E-state index in [-0.39, 0.29) is 42.5 Å². The van der Waals surface area contributed by atoms with Crippen molar-refractivity contribution in [2.75, 3.05) is 13.2 Å². The second kappa shape index (κ2) is 10.6. The Bertz CT molecular complexity index is 1080. The van der Waals surface area contributed by atoms with Gasteiger partial charge in [-0.3, -0.25) is 9.69 Å². The molecule has 1 fully saturated rings. The van der Waals surface area contributed by atoms with Crippen molar-refractivity contribution in [2.24, 2.45) is 0 Å². The second-order valence-corrected chi connectivity index (χ2v) is 7.98. The maximum atomic E-state index is 14.2. The van der Waals surface area contributed by atoms with Gasteiger partial charge in [-0.15, -0.1) is 0 Å². The van der Waals surface area contributed by atoms with E-state index in [2.05, 4.69) is 10.3 Å². The molecule has 9 heteroatoms. The first-order valence-electron chi connectivity index (χ1n) is 10.7. The van der Waals surface area contributed by atoms with E-state index in [0.717, 1.165) is 24.5 Å². The summed E-state index contributed by atoms with van der Waals surface area (Å²) >= 11 is 0. The number of ether oxygens (including phenoxy) is 1. The Balaban J connectivity index is 1.44. The molecule has 1 aliphatic heterocycles. The molecule has 1 atom stereocenters. The zero-order valence-electron chi connectivity index (χ0n) is 17.9. The van der Waals surface area contributed by atoms with Gasteiger partial charge in [-0.2, -0.15) is 0 Å². The van der Waals surface area contributed by atoms with Gasteiger partial charge >= 0.3 is 0 Å². The molecule has 2 heterocycles. The van der Waals surface area contributed by atoms with Crippen molar-refractivity contribution in [2.45, 2.75) is 38.6 Å². The van der Waals surface area contributed by atoms with Crippen molar-refractivity contribution in [1.29, 1.82) is 0 Å². The number of carbonyl (C=O) groups excluding carboxylic acids is 1. The summed E-state index contributed by atoms with van der Waals surface area (Å²) < 4.78 is 51.8. The van der Waals surface area contributed by atoms with E-state index in [1.807, 2.05) is 4.90 Å². The van der Waals surface area contributed by atoms with Gasteiger partial charge in [0.05, 0.1) is 12.6 Å². The third-order valence-electron chi connectivity index (χ3n) is 5.39. The van der Waals surface area contributed by atoms with Crippen LogP contribution in [0.3, 0.4) is 0 Å². The molecule has 1 N–H and O–H groups in total. The van der Waals surface area contributed by atoms with E-state index in [4.69, 9.17) is 9.15 Å². The van der Waals surface area contributed by atoms with Crippen molar-refractivity contribution >= 4 is 5.91 Å². The van der Waals surface area contributed by atoms with Gasteiger partial charge in [0.1, 0.15) is 23.7 Å². The lowest BCUT2D eigenvalue weighted by Gasteiger charge is -2.21. The Morgan fingerprint density at radius 1 is 1.06 bits per heavy atom. The molecule has 1 saturated heterocycles. The number of benzene rings is 2. The summed E-state index contributed by atoms with van der Waals surface area (Å²) in [6, 6.07) is 9.33. The summed E-state index contributed by atoms with van der Waals surface area (Å²) in [5.41, 5.74) is 1.22. The molecule has 174 valence electrons. The highest BCUT2D eigenvalue weighted by atomic mass is 19.1. The number of oxazole rings is 1. The topological polar surface area (TPSA) is 67.6 Å². The fourth-order valence-corrected chi connectivity index (χ4v) is 3.69. The first-order valence-corrected chi connectivity index (χ1v) is 10.7. The van der Waals surface area contributed by atoms with Gasteiger partial charge in [0, 0.05) is 37.9 Å². The number of nitrogens with one attached hydrogen (secondary N) is 1. The van der Waals surface area contributed by atoms with Crippen molar-refractivity contribution in [3.63, 3.8) is 0 Å². The first-order chi connectivity index (χ1) is 16.0. The van der Waals surface area contributed by atoms with Crippen LogP contribution in [0.1, 0.15) is 40.3 Å². The molecule has 1 aromatic heterocycles. The lowest BCUT2D eigenvalue weighted by atomic mass is 10.1. The van der Waals surface area contributed by atoms with Crippen LogP contribution >= 0.6 is 0 Å². The fourth-order valence-electron chi connectivity index (χ4n) is 3.69. The standard InChI is InChI=1S/C24H24F3N3O3/c25-18-6-3-16(4-7-18)12-30(13-17-5-8-19(26)10-21(17)27)14-23-29-22(15-33-23)24(31)28-11-20-2-1-9-32-20/h3-8,10,15,20H,1-2,9,11-14H2,(H,28,31)/t20-/m1/s1. The maximum Gasteiger partial charge on any atom is 0.273 e. The number of nitrogens with zero attached hydrogens (tertiary/aromatic N) is 2. The van der Waals surface area contributed by atoms with Gasteiger partial charge in [0.2, 0.25) is 5.89 Å². The first kappa shape index (κ1) is 23.0. The Kier molecular flexibility index (Phi) is 7.41. The molecule has 0 radical (unpaired) electrons. The number of amides is 1. The predicted octanol–water partition coefficient (Wildman–Crippen LogP) is 4.20. The fraction of sp³-hybridized carbons (Fsp3) is 0.333. The molecule has 0 spiro atoms. The summed E-state index contributed by atoms with van der Waals surface area (Å²) in [6.45, 7) is 1.73. The average Bonchev–Trinajstić information content (AvgIpc) is 3.48. The minimum absolute atomic E-state index is 0.0112. The molecular formula is C24H24F3N3O3. The zero-order valence-corrected chi connectivity index (χ0v) is 17.9. The molecule has 6 nitrogen and oxygen atoms in total. The SMILES string of the molecule is O=C(NC[C@H]1CCCO1)c1coc(CN(Cc2ccc(F)cc2)Cc2ccc(F)cc2F)n1. The lowest BCUT2D eigenvalue weighted by molar-refractivity contribution is 0.0853. The van der Waals surface area contributed by atoms with Crippen LogP contribution in [0, 0.1) is 17.5 Å². The summed E-state index contributed by atoms with van der Waals surface area (Å²) in [6.07, 6.45) is 3.17. The van der Waals surface area contributed by atoms with Crippen LogP contribution in [0.4, 0.5) is 13.2 Å². The Labute approximate surface area is 189 Å².